The number of carbonyl (C=O) groups excluding carboxylic acids is 2. The van der Waals surface area contributed by atoms with Crippen LogP contribution in [-0.4, -0.2) is 36.1 Å². The molecule has 1 saturated heterocycles. The van der Waals surface area contributed by atoms with Gasteiger partial charge in [-0.25, -0.2) is 4.79 Å². The molecular formula is C17H27ClN4O2. The molecule has 4 N–H and O–H groups in total. The van der Waals surface area contributed by atoms with Gasteiger partial charge in [-0.3, -0.25) is 4.79 Å². The lowest BCUT2D eigenvalue weighted by atomic mass is 9.97. The Hall–Kier alpha value is -1.79. The second kappa shape index (κ2) is 8.89. The number of benzene rings is 1. The number of amides is 3. The number of rotatable bonds is 4. The molecule has 24 heavy (non-hydrogen) atoms. The highest BCUT2D eigenvalue weighted by Crippen LogP contribution is 2.11. The van der Waals surface area contributed by atoms with Gasteiger partial charge in [0.15, 0.2) is 0 Å². The van der Waals surface area contributed by atoms with Crippen molar-refractivity contribution in [2.24, 2.45) is 0 Å². The van der Waals surface area contributed by atoms with Gasteiger partial charge in [-0.05, 0) is 52.3 Å². The summed E-state index contributed by atoms with van der Waals surface area (Å²) in [6, 6.07) is 9.07. The van der Waals surface area contributed by atoms with Gasteiger partial charge in [0, 0.05) is 17.8 Å². The van der Waals surface area contributed by atoms with Crippen molar-refractivity contribution in [2.75, 3.05) is 11.9 Å². The molecule has 134 valence electrons. The van der Waals surface area contributed by atoms with Gasteiger partial charge in [-0.15, -0.1) is 12.4 Å². The number of carbonyl (C=O) groups is 2. The molecule has 0 aromatic heterocycles. The Bertz CT molecular complexity index is 551. The number of hydrogen-bond donors (Lipinski definition) is 4. The zero-order valence-corrected chi connectivity index (χ0v) is 15.2. The van der Waals surface area contributed by atoms with Gasteiger partial charge in [0.2, 0.25) is 5.91 Å². The molecule has 2 unspecified atom stereocenters. The maximum Gasteiger partial charge on any atom is 0.320 e. The van der Waals surface area contributed by atoms with Gasteiger partial charge >= 0.3 is 6.03 Å². The van der Waals surface area contributed by atoms with Crippen LogP contribution in [-0.2, 0) is 4.79 Å². The van der Waals surface area contributed by atoms with Gasteiger partial charge in [0.25, 0.3) is 0 Å². The van der Waals surface area contributed by atoms with Crippen LogP contribution in [0.1, 0.15) is 33.6 Å². The molecule has 1 aliphatic heterocycles. The summed E-state index contributed by atoms with van der Waals surface area (Å²) in [5, 5.41) is 11.8. The van der Waals surface area contributed by atoms with Crippen LogP contribution in [0.2, 0.25) is 0 Å². The Labute approximate surface area is 149 Å². The monoisotopic (exact) mass is 354 g/mol. The summed E-state index contributed by atoms with van der Waals surface area (Å²) in [5.74, 6) is -0.179. The van der Waals surface area contributed by atoms with E-state index in [0.29, 0.717) is 5.69 Å². The SMILES string of the molecule is CC1NCCCC1NC(=O)C(C)(C)NC(=O)Nc1ccccc1.Cl. The quantitative estimate of drug-likeness (QED) is 0.669. The van der Waals surface area contributed by atoms with Gasteiger partial charge in [0.05, 0.1) is 0 Å². The summed E-state index contributed by atoms with van der Waals surface area (Å²) >= 11 is 0. The van der Waals surface area contributed by atoms with Crippen molar-refractivity contribution in [1.29, 1.82) is 0 Å². The predicted molar refractivity (Wildman–Crippen MR) is 98.6 cm³/mol. The summed E-state index contributed by atoms with van der Waals surface area (Å²) in [5.41, 5.74) is -0.304. The van der Waals surface area contributed by atoms with Gasteiger partial charge < -0.3 is 21.3 Å². The first-order valence-electron chi connectivity index (χ1n) is 8.07. The first kappa shape index (κ1) is 20.3. The molecule has 7 heteroatoms. The molecule has 0 radical (unpaired) electrons. The Morgan fingerprint density at radius 1 is 1.21 bits per heavy atom. The summed E-state index contributed by atoms with van der Waals surface area (Å²) in [4.78, 5) is 24.6. The van der Waals surface area contributed by atoms with Crippen molar-refractivity contribution in [2.45, 2.75) is 51.2 Å². The van der Waals surface area contributed by atoms with Crippen LogP contribution in [0.4, 0.5) is 10.5 Å². The standard InChI is InChI=1S/C17H26N4O2.ClH/c1-12-14(10-7-11-18-12)20-15(22)17(2,3)21-16(23)19-13-8-5-4-6-9-13;/h4-6,8-9,12,14,18H,7,10-11H2,1-3H3,(H,20,22)(H2,19,21,23);1H. The largest absolute Gasteiger partial charge is 0.350 e. The molecule has 0 saturated carbocycles. The second-order valence-electron chi connectivity index (χ2n) is 6.54. The van der Waals surface area contributed by atoms with Crippen LogP contribution >= 0.6 is 12.4 Å². The highest BCUT2D eigenvalue weighted by molar-refractivity contribution is 5.95. The molecule has 1 aliphatic rings. The Morgan fingerprint density at radius 2 is 1.88 bits per heavy atom. The van der Waals surface area contributed by atoms with E-state index in [1.165, 1.54) is 0 Å². The molecular weight excluding hydrogens is 328 g/mol. The summed E-state index contributed by atoms with van der Waals surface area (Å²) < 4.78 is 0. The predicted octanol–water partition coefficient (Wildman–Crippen LogP) is 2.27. The van der Waals surface area contributed by atoms with E-state index < -0.39 is 11.6 Å². The van der Waals surface area contributed by atoms with E-state index in [4.69, 9.17) is 0 Å². The smallest absolute Gasteiger partial charge is 0.320 e. The van der Waals surface area contributed by atoms with E-state index in [0.717, 1.165) is 19.4 Å². The van der Waals surface area contributed by atoms with Crippen molar-refractivity contribution >= 4 is 30.0 Å². The van der Waals surface area contributed by atoms with Crippen LogP contribution in [0.3, 0.4) is 0 Å². The summed E-state index contributed by atoms with van der Waals surface area (Å²) in [7, 11) is 0. The molecule has 0 spiro atoms. The number of para-hydroxylation sites is 1. The molecule has 0 aliphatic carbocycles. The van der Waals surface area contributed by atoms with E-state index >= 15 is 0 Å². The fraction of sp³-hybridized carbons (Fsp3) is 0.529. The van der Waals surface area contributed by atoms with Crippen molar-refractivity contribution in [3.63, 3.8) is 0 Å². The first-order valence-corrected chi connectivity index (χ1v) is 8.07. The number of anilines is 1. The molecule has 6 nitrogen and oxygen atoms in total. The topological polar surface area (TPSA) is 82.3 Å². The molecule has 1 fully saturated rings. The van der Waals surface area contributed by atoms with Crippen LogP contribution in [0.15, 0.2) is 30.3 Å². The molecule has 0 bridgehead atoms. The molecule has 1 aromatic rings. The fourth-order valence-corrected chi connectivity index (χ4v) is 2.61. The summed E-state index contributed by atoms with van der Waals surface area (Å²) in [6.07, 6.45) is 1.99. The van der Waals surface area contributed by atoms with E-state index in [-0.39, 0.29) is 30.4 Å². The molecule has 2 atom stereocenters. The number of halogens is 1. The van der Waals surface area contributed by atoms with Crippen LogP contribution in [0.25, 0.3) is 0 Å². The maximum atomic E-state index is 12.5. The van der Waals surface area contributed by atoms with Gasteiger partial charge in [0.1, 0.15) is 5.54 Å². The normalized spacial score (nSPS) is 20.5. The number of nitrogens with one attached hydrogen (secondary N) is 4. The van der Waals surface area contributed by atoms with E-state index in [1.54, 1.807) is 26.0 Å². The zero-order valence-electron chi connectivity index (χ0n) is 14.4. The van der Waals surface area contributed by atoms with Crippen molar-refractivity contribution < 1.29 is 9.59 Å². The average Bonchev–Trinajstić information content (AvgIpc) is 2.49. The lowest BCUT2D eigenvalue weighted by Crippen LogP contribution is -2.61. The lowest BCUT2D eigenvalue weighted by molar-refractivity contribution is -0.127. The minimum atomic E-state index is -0.990. The first-order chi connectivity index (χ1) is 10.9. The van der Waals surface area contributed by atoms with Crippen molar-refractivity contribution in [3.8, 4) is 0 Å². The highest BCUT2D eigenvalue weighted by Gasteiger charge is 2.32. The van der Waals surface area contributed by atoms with Crippen LogP contribution < -0.4 is 21.3 Å². The third-order valence-electron chi connectivity index (χ3n) is 4.10. The average molecular weight is 355 g/mol. The summed E-state index contributed by atoms with van der Waals surface area (Å²) in [6.45, 7) is 6.45. The van der Waals surface area contributed by atoms with Gasteiger partial charge in [-0.1, -0.05) is 18.2 Å². The van der Waals surface area contributed by atoms with Gasteiger partial charge in [-0.2, -0.15) is 0 Å². The van der Waals surface area contributed by atoms with E-state index in [2.05, 4.69) is 28.2 Å². The second-order valence-corrected chi connectivity index (χ2v) is 6.54. The number of hydrogen-bond acceptors (Lipinski definition) is 3. The highest BCUT2D eigenvalue weighted by atomic mass is 35.5. The fourth-order valence-electron chi connectivity index (χ4n) is 2.61. The van der Waals surface area contributed by atoms with Crippen molar-refractivity contribution in [1.82, 2.24) is 16.0 Å². The van der Waals surface area contributed by atoms with E-state index in [1.807, 2.05) is 18.2 Å². The Kier molecular flexibility index (Phi) is 7.51. The molecule has 2 rings (SSSR count). The molecule has 1 heterocycles. The zero-order chi connectivity index (χ0) is 16.9. The lowest BCUT2D eigenvalue weighted by Gasteiger charge is -2.34. The Morgan fingerprint density at radius 3 is 2.50 bits per heavy atom. The minimum Gasteiger partial charge on any atom is -0.350 e. The van der Waals surface area contributed by atoms with Crippen LogP contribution in [0.5, 0.6) is 0 Å². The third kappa shape index (κ3) is 5.69. The number of piperidine rings is 1. The number of urea groups is 1. The van der Waals surface area contributed by atoms with Crippen molar-refractivity contribution in [3.05, 3.63) is 30.3 Å². The minimum absolute atomic E-state index is 0. The molecule has 1 aromatic carbocycles. The Balaban J connectivity index is 0.00000288. The van der Waals surface area contributed by atoms with E-state index in [9.17, 15) is 9.59 Å². The third-order valence-corrected chi connectivity index (χ3v) is 4.10. The molecule has 3 amide bonds. The maximum absolute atomic E-state index is 12.5. The van der Waals surface area contributed by atoms with Crippen LogP contribution in [0, 0.1) is 0 Å².